The van der Waals surface area contributed by atoms with Gasteiger partial charge in [-0.3, -0.25) is 14.5 Å². The van der Waals surface area contributed by atoms with Crippen molar-refractivity contribution >= 4 is 23.2 Å². The highest BCUT2D eigenvalue weighted by atomic mass is 16.6. The number of hydrogen-bond acceptors (Lipinski definition) is 7. The third kappa shape index (κ3) is 5.45. The van der Waals surface area contributed by atoms with E-state index in [0.29, 0.717) is 49.2 Å². The summed E-state index contributed by atoms with van der Waals surface area (Å²) < 4.78 is 22.5. The summed E-state index contributed by atoms with van der Waals surface area (Å²) in [6, 6.07) is 15.7. The maximum absolute atomic E-state index is 14.0. The first kappa shape index (κ1) is 25.3. The van der Waals surface area contributed by atoms with Crippen molar-refractivity contribution in [1.82, 2.24) is 5.32 Å². The number of morpholine rings is 1. The molecule has 1 N–H and O–H groups in total. The van der Waals surface area contributed by atoms with Crippen LogP contribution < -0.4 is 24.6 Å². The Labute approximate surface area is 227 Å². The number of carbonyl (C=O) groups is 2. The van der Waals surface area contributed by atoms with Crippen LogP contribution in [0.2, 0.25) is 0 Å². The Kier molecular flexibility index (Phi) is 7.40. The van der Waals surface area contributed by atoms with Crippen LogP contribution in [-0.4, -0.2) is 57.4 Å². The highest BCUT2D eigenvalue weighted by Crippen LogP contribution is 2.38. The first-order chi connectivity index (χ1) is 19.2. The first-order valence-corrected chi connectivity index (χ1v) is 13.7. The van der Waals surface area contributed by atoms with Crippen LogP contribution in [0.5, 0.6) is 11.5 Å². The van der Waals surface area contributed by atoms with E-state index >= 15 is 0 Å². The molecule has 3 heterocycles. The molecule has 1 aliphatic carbocycles. The van der Waals surface area contributed by atoms with Crippen molar-refractivity contribution in [2.75, 3.05) is 49.3 Å². The molecule has 3 aliphatic rings. The van der Waals surface area contributed by atoms with Crippen molar-refractivity contribution in [1.29, 1.82) is 0 Å². The molecule has 0 bridgehead atoms. The summed E-state index contributed by atoms with van der Waals surface area (Å²) in [4.78, 5) is 31.8. The van der Waals surface area contributed by atoms with E-state index in [-0.39, 0.29) is 17.7 Å². The third-order valence-corrected chi connectivity index (χ3v) is 7.55. The summed E-state index contributed by atoms with van der Waals surface area (Å²) in [5.74, 6) is 0.649. The monoisotopic (exact) mass is 531 g/mol. The van der Waals surface area contributed by atoms with Crippen molar-refractivity contribution in [3.05, 3.63) is 72.2 Å². The fraction of sp³-hybridized carbons (Fsp3) is 0.400. The molecule has 0 radical (unpaired) electrons. The van der Waals surface area contributed by atoms with E-state index in [1.54, 1.807) is 30.3 Å². The molecule has 0 spiro atoms. The number of furan rings is 1. The number of rotatable bonds is 7. The minimum Gasteiger partial charge on any atom is -0.486 e. The summed E-state index contributed by atoms with van der Waals surface area (Å²) in [5.41, 5.74) is 2.28. The molecule has 9 heteroatoms. The van der Waals surface area contributed by atoms with Gasteiger partial charge in [0.05, 0.1) is 19.5 Å². The molecule has 6 rings (SSSR count). The lowest BCUT2D eigenvalue weighted by Gasteiger charge is -2.33. The van der Waals surface area contributed by atoms with Crippen LogP contribution >= 0.6 is 0 Å². The lowest BCUT2D eigenvalue weighted by Crippen LogP contribution is -2.46. The van der Waals surface area contributed by atoms with Gasteiger partial charge in [-0.15, -0.1) is 0 Å². The summed E-state index contributed by atoms with van der Waals surface area (Å²) in [5, 5.41) is 3.22. The van der Waals surface area contributed by atoms with Gasteiger partial charge in [0.25, 0.3) is 5.91 Å². The lowest BCUT2D eigenvalue weighted by atomic mass is 10.0. The van der Waals surface area contributed by atoms with E-state index in [4.69, 9.17) is 18.6 Å². The molecule has 2 amide bonds. The molecule has 3 aromatic rings. The standard InChI is InChI=1S/C30H33N3O6/c34-29(31-22-4-1-2-5-22)28(21-7-9-23(10-8-21)32-13-16-36-17-14-32)33(30(35)26-6-3-15-37-26)24-11-12-25-27(20-24)39-19-18-38-25/h3,6-12,15,20,22,28H,1-2,4-5,13-14,16-19H2,(H,31,34). The predicted octanol–water partition coefficient (Wildman–Crippen LogP) is 4.33. The van der Waals surface area contributed by atoms with Gasteiger partial charge in [-0.05, 0) is 54.8 Å². The number of nitrogens with zero attached hydrogens (tertiary/aromatic N) is 2. The predicted molar refractivity (Wildman–Crippen MR) is 146 cm³/mol. The molecule has 2 aromatic carbocycles. The maximum atomic E-state index is 14.0. The van der Waals surface area contributed by atoms with Crippen molar-refractivity contribution in [2.24, 2.45) is 0 Å². The van der Waals surface area contributed by atoms with E-state index in [9.17, 15) is 9.59 Å². The fourth-order valence-corrected chi connectivity index (χ4v) is 5.54. The van der Waals surface area contributed by atoms with Gasteiger partial charge in [-0.1, -0.05) is 25.0 Å². The summed E-state index contributed by atoms with van der Waals surface area (Å²) in [7, 11) is 0. The molecule has 1 saturated heterocycles. The van der Waals surface area contributed by atoms with E-state index in [2.05, 4.69) is 10.2 Å². The second-order valence-corrected chi connectivity index (χ2v) is 10.1. The van der Waals surface area contributed by atoms with Gasteiger partial charge in [-0.25, -0.2) is 0 Å². The van der Waals surface area contributed by atoms with Gasteiger partial charge < -0.3 is 28.8 Å². The molecule has 2 aliphatic heterocycles. The number of carbonyl (C=O) groups excluding carboxylic acids is 2. The number of amides is 2. The molecule has 1 atom stereocenters. The zero-order chi connectivity index (χ0) is 26.6. The van der Waals surface area contributed by atoms with Crippen LogP contribution in [0.3, 0.4) is 0 Å². The van der Waals surface area contributed by atoms with Crippen LogP contribution in [0.15, 0.2) is 65.3 Å². The highest BCUT2D eigenvalue weighted by molar-refractivity contribution is 6.09. The topological polar surface area (TPSA) is 93.5 Å². The van der Waals surface area contributed by atoms with E-state index in [1.165, 1.54) is 11.2 Å². The van der Waals surface area contributed by atoms with Gasteiger partial charge in [0.2, 0.25) is 5.91 Å². The first-order valence-electron chi connectivity index (χ1n) is 13.7. The second kappa shape index (κ2) is 11.4. The van der Waals surface area contributed by atoms with Crippen molar-refractivity contribution in [3.8, 4) is 11.5 Å². The molecule has 204 valence electrons. The maximum Gasteiger partial charge on any atom is 0.294 e. The summed E-state index contributed by atoms with van der Waals surface area (Å²) in [6.45, 7) is 3.87. The average molecular weight is 532 g/mol. The Morgan fingerprint density at radius 1 is 0.897 bits per heavy atom. The van der Waals surface area contributed by atoms with Gasteiger partial charge in [0.15, 0.2) is 17.3 Å². The minimum atomic E-state index is -0.926. The quantitative estimate of drug-likeness (QED) is 0.485. The molecule has 39 heavy (non-hydrogen) atoms. The van der Waals surface area contributed by atoms with Crippen LogP contribution in [0.1, 0.15) is 47.8 Å². The number of anilines is 2. The number of fused-ring (bicyclic) bond motifs is 1. The number of ether oxygens (including phenoxy) is 3. The molecule has 2 fully saturated rings. The lowest BCUT2D eigenvalue weighted by molar-refractivity contribution is -0.123. The minimum absolute atomic E-state index is 0.0912. The normalized spacial score (nSPS) is 18.0. The number of benzene rings is 2. The Morgan fingerprint density at radius 3 is 2.36 bits per heavy atom. The highest BCUT2D eigenvalue weighted by Gasteiger charge is 2.36. The van der Waals surface area contributed by atoms with E-state index in [1.807, 2.05) is 24.3 Å². The van der Waals surface area contributed by atoms with E-state index < -0.39 is 11.9 Å². The average Bonchev–Trinajstić information content (AvgIpc) is 3.71. The Balaban J connectivity index is 1.41. The molecular formula is C30H33N3O6. The Morgan fingerprint density at radius 2 is 1.64 bits per heavy atom. The smallest absolute Gasteiger partial charge is 0.294 e. The zero-order valence-corrected chi connectivity index (χ0v) is 21.8. The molecule has 9 nitrogen and oxygen atoms in total. The largest absolute Gasteiger partial charge is 0.486 e. The van der Waals surface area contributed by atoms with Gasteiger partial charge in [0, 0.05) is 36.6 Å². The SMILES string of the molecule is O=C(NC1CCCC1)C(c1ccc(N2CCOCC2)cc1)N(C(=O)c1ccco1)c1ccc2c(c1)OCCO2. The molecule has 1 saturated carbocycles. The van der Waals surface area contributed by atoms with Gasteiger partial charge in [-0.2, -0.15) is 0 Å². The third-order valence-electron chi connectivity index (χ3n) is 7.55. The molecule has 1 unspecified atom stereocenters. The number of nitrogens with one attached hydrogen (secondary N) is 1. The molecular weight excluding hydrogens is 498 g/mol. The van der Waals surface area contributed by atoms with Crippen molar-refractivity contribution in [3.63, 3.8) is 0 Å². The molecule has 1 aromatic heterocycles. The number of hydrogen-bond donors (Lipinski definition) is 1. The van der Waals surface area contributed by atoms with Crippen LogP contribution in [-0.2, 0) is 9.53 Å². The fourth-order valence-electron chi connectivity index (χ4n) is 5.54. The Bertz CT molecular complexity index is 1280. The zero-order valence-electron chi connectivity index (χ0n) is 21.8. The van der Waals surface area contributed by atoms with Crippen LogP contribution in [0, 0.1) is 0 Å². The van der Waals surface area contributed by atoms with Gasteiger partial charge in [0.1, 0.15) is 19.3 Å². The van der Waals surface area contributed by atoms with Crippen molar-refractivity contribution < 1.29 is 28.2 Å². The Hall–Kier alpha value is -3.98. The summed E-state index contributed by atoms with van der Waals surface area (Å²) in [6.07, 6.45) is 5.50. The summed E-state index contributed by atoms with van der Waals surface area (Å²) >= 11 is 0. The van der Waals surface area contributed by atoms with Crippen molar-refractivity contribution in [2.45, 2.75) is 37.8 Å². The van der Waals surface area contributed by atoms with Crippen LogP contribution in [0.4, 0.5) is 11.4 Å². The van der Waals surface area contributed by atoms with Gasteiger partial charge >= 0.3 is 0 Å². The van der Waals surface area contributed by atoms with E-state index in [0.717, 1.165) is 44.5 Å². The second-order valence-electron chi connectivity index (χ2n) is 10.1. The van der Waals surface area contributed by atoms with Crippen LogP contribution in [0.25, 0.3) is 0 Å².